The van der Waals surface area contributed by atoms with Gasteiger partial charge in [0.1, 0.15) is 5.78 Å². The third-order valence-corrected chi connectivity index (χ3v) is 2.94. The van der Waals surface area contributed by atoms with Crippen LogP contribution in [-0.4, -0.2) is 5.78 Å². The quantitative estimate of drug-likeness (QED) is 0.479. The van der Waals surface area contributed by atoms with Gasteiger partial charge in [0.2, 0.25) is 0 Å². The Morgan fingerprint density at radius 3 is 2.44 bits per heavy atom. The minimum atomic E-state index is 0.468. The molecule has 2 aliphatic rings. The van der Waals surface area contributed by atoms with Gasteiger partial charge < -0.3 is 0 Å². The maximum Gasteiger partial charge on any atom is 0.139 e. The fourth-order valence-corrected chi connectivity index (χ4v) is 2.38. The van der Waals surface area contributed by atoms with Crippen LogP contribution in [0.5, 0.6) is 0 Å². The Labute approximate surface area is 55.4 Å². The van der Waals surface area contributed by atoms with Crippen LogP contribution in [0.1, 0.15) is 26.2 Å². The first kappa shape index (κ1) is 5.45. The van der Waals surface area contributed by atoms with Crippen LogP contribution in [-0.2, 0) is 4.79 Å². The molecule has 3 atom stereocenters. The van der Waals surface area contributed by atoms with Crippen LogP contribution in [0.25, 0.3) is 0 Å². The van der Waals surface area contributed by atoms with E-state index in [-0.39, 0.29) is 0 Å². The molecule has 2 aliphatic carbocycles. The smallest absolute Gasteiger partial charge is 0.139 e. The summed E-state index contributed by atoms with van der Waals surface area (Å²) in [6.07, 6.45) is 3.56. The first-order chi connectivity index (χ1) is 4.29. The summed E-state index contributed by atoms with van der Waals surface area (Å²) < 4.78 is 0. The third kappa shape index (κ3) is 0.577. The van der Waals surface area contributed by atoms with Crippen LogP contribution in [0.3, 0.4) is 0 Å². The Hall–Kier alpha value is -0.330. The number of carbonyl (C=O) groups is 1. The van der Waals surface area contributed by atoms with Gasteiger partial charge in [0.15, 0.2) is 0 Å². The van der Waals surface area contributed by atoms with Gasteiger partial charge in [-0.15, -0.1) is 0 Å². The average molecular weight is 124 g/mol. The SMILES string of the molecule is C[C@H]1C[C@H]2CC[C@@H]1C2=O. The summed E-state index contributed by atoms with van der Waals surface area (Å²) >= 11 is 0. The van der Waals surface area contributed by atoms with Crippen molar-refractivity contribution in [3.63, 3.8) is 0 Å². The van der Waals surface area contributed by atoms with Crippen molar-refractivity contribution >= 4 is 5.78 Å². The Morgan fingerprint density at radius 1 is 1.44 bits per heavy atom. The molecule has 0 saturated heterocycles. The van der Waals surface area contributed by atoms with E-state index in [9.17, 15) is 4.79 Å². The molecule has 9 heavy (non-hydrogen) atoms. The predicted molar refractivity (Wildman–Crippen MR) is 35.0 cm³/mol. The number of carbonyl (C=O) groups excluding carboxylic acids is 1. The summed E-state index contributed by atoms with van der Waals surface area (Å²) in [5, 5.41) is 0. The lowest BCUT2D eigenvalue weighted by Crippen LogP contribution is -2.07. The van der Waals surface area contributed by atoms with Gasteiger partial charge >= 0.3 is 0 Å². The van der Waals surface area contributed by atoms with Crippen molar-refractivity contribution in [2.75, 3.05) is 0 Å². The zero-order valence-corrected chi connectivity index (χ0v) is 5.76. The standard InChI is InChI=1S/C8H12O/c1-5-4-6-2-3-7(5)8(6)9/h5-7H,2-4H2,1H3/t5-,6+,7-/m0/s1. The van der Waals surface area contributed by atoms with Crippen molar-refractivity contribution in [3.05, 3.63) is 0 Å². The van der Waals surface area contributed by atoms with E-state index >= 15 is 0 Å². The summed E-state index contributed by atoms with van der Waals surface area (Å²) in [6.45, 7) is 2.21. The number of hydrogen-bond donors (Lipinski definition) is 0. The molecule has 1 nitrogen and oxygen atoms in total. The molecule has 2 rings (SSSR count). The van der Waals surface area contributed by atoms with Gasteiger partial charge in [0.05, 0.1) is 0 Å². The zero-order chi connectivity index (χ0) is 6.43. The van der Waals surface area contributed by atoms with Crippen molar-refractivity contribution < 1.29 is 4.79 Å². The molecular weight excluding hydrogens is 112 g/mol. The first-order valence-corrected chi connectivity index (χ1v) is 3.83. The number of ketones is 1. The Kier molecular flexibility index (Phi) is 0.961. The highest BCUT2D eigenvalue weighted by molar-refractivity contribution is 5.87. The second-order valence-electron chi connectivity index (χ2n) is 3.50. The fourth-order valence-electron chi connectivity index (χ4n) is 2.38. The van der Waals surface area contributed by atoms with Crippen LogP contribution >= 0.6 is 0 Å². The minimum Gasteiger partial charge on any atom is -0.299 e. The molecule has 0 spiro atoms. The molecule has 0 amide bonds. The van der Waals surface area contributed by atoms with Gasteiger partial charge in [-0.2, -0.15) is 0 Å². The lowest BCUT2D eigenvalue weighted by atomic mass is 9.91. The molecule has 0 aromatic rings. The van der Waals surface area contributed by atoms with Crippen LogP contribution in [0, 0.1) is 17.8 Å². The molecule has 50 valence electrons. The van der Waals surface area contributed by atoms with Crippen molar-refractivity contribution in [1.29, 1.82) is 0 Å². The molecule has 0 heterocycles. The van der Waals surface area contributed by atoms with Crippen molar-refractivity contribution in [2.45, 2.75) is 26.2 Å². The van der Waals surface area contributed by atoms with Gasteiger partial charge in [0, 0.05) is 11.8 Å². The number of fused-ring (bicyclic) bond motifs is 2. The fraction of sp³-hybridized carbons (Fsp3) is 0.875. The largest absolute Gasteiger partial charge is 0.299 e. The molecular formula is C8H12O. The molecule has 0 unspecified atom stereocenters. The molecule has 2 saturated carbocycles. The van der Waals surface area contributed by atoms with E-state index in [2.05, 4.69) is 6.92 Å². The minimum absolute atomic E-state index is 0.468. The van der Waals surface area contributed by atoms with E-state index in [1.54, 1.807) is 0 Å². The second kappa shape index (κ2) is 1.59. The molecule has 1 heteroatoms. The summed E-state index contributed by atoms with van der Waals surface area (Å²) in [7, 11) is 0. The first-order valence-electron chi connectivity index (χ1n) is 3.83. The van der Waals surface area contributed by atoms with Gasteiger partial charge in [0.25, 0.3) is 0 Å². The van der Waals surface area contributed by atoms with Gasteiger partial charge in [-0.1, -0.05) is 6.92 Å². The van der Waals surface area contributed by atoms with Crippen molar-refractivity contribution in [2.24, 2.45) is 17.8 Å². The van der Waals surface area contributed by atoms with E-state index in [0.717, 1.165) is 0 Å². The summed E-state index contributed by atoms with van der Waals surface area (Å²) in [5.41, 5.74) is 0. The van der Waals surface area contributed by atoms with Crippen LogP contribution in [0.4, 0.5) is 0 Å². The van der Waals surface area contributed by atoms with E-state index < -0.39 is 0 Å². The molecule has 0 aliphatic heterocycles. The highest BCUT2D eigenvalue weighted by atomic mass is 16.1. The molecule has 2 fully saturated rings. The Bertz CT molecular complexity index is 151. The number of Topliss-reactive ketones (excluding diaryl/α,β-unsaturated/α-hetero) is 1. The Balaban J connectivity index is 2.26. The van der Waals surface area contributed by atoms with E-state index in [1.165, 1.54) is 19.3 Å². The molecule has 0 N–H and O–H groups in total. The Morgan fingerprint density at radius 2 is 2.22 bits per heavy atom. The lowest BCUT2D eigenvalue weighted by molar-refractivity contribution is -0.121. The van der Waals surface area contributed by atoms with Gasteiger partial charge in [-0.05, 0) is 25.2 Å². The topological polar surface area (TPSA) is 17.1 Å². The van der Waals surface area contributed by atoms with E-state index in [4.69, 9.17) is 0 Å². The van der Waals surface area contributed by atoms with Crippen molar-refractivity contribution in [3.8, 4) is 0 Å². The van der Waals surface area contributed by atoms with Crippen molar-refractivity contribution in [1.82, 2.24) is 0 Å². The molecule has 0 radical (unpaired) electrons. The third-order valence-electron chi connectivity index (χ3n) is 2.94. The predicted octanol–water partition coefficient (Wildman–Crippen LogP) is 1.62. The monoisotopic (exact) mass is 124 g/mol. The van der Waals surface area contributed by atoms with Crippen LogP contribution in [0.15, 0.2) is 0 Å². The van der Waals surface area contributed by atoms with E-state index in [1.807, 2.05) is 0 Å². The normalized spacial score (nSPS) is 48.6. The summed E-state index contributed by atoms with van der Waals surface area (Å²) in [6, 6.07) is 0. The average Bonchev–Trinajstić information content (AvgIpc) is 2.25. The summed E-state index contributed by atoms with van der Waals surface area (Å²) in [5.74, 6) is 2.22. The number of rotatable bonds is 0. The highest BCUT2D eigenvalue weighted by Gasteiger charge is 2.44. The van der Waals surface area contributed by atoms with E-state index in [0.29, 0.717) is 23.5 Å². The lowest BCUT2D eigenvalue weighted by Gasteiger charge is -2.13. The van der Waals surface area contributed by atoms with Gasteiger partial charge in [-0.3, -0.25) is 4.79 Å². The highest BCUT2D eigenvalue weighted by Crippen LogP contribution is 2.44. The maximum atomic E-state index is 11.2. The van der Waals surface area contributed by atoms with Crippen LogP contribution < -0.4 is 0 Å². The maximum absolute atomic E-state index is 11.2. The molecule has 2 bridgehead atoms. The summed E-state index contributed by atoms with van der Waals surface area (Å²) in [4.78, 5) is 11.2. The second-order valence-corrected chi connectivity index (χ2v) is 3.50. The zero-order valence-electron chi connectivity index (χ0n) is 5.76. The number of hydrogen-bond acceptors (Lipinski definition) is 1. The van der Waals surface area contributed by atoms with Crippen LogP contribution in [0.2, 0.25) is 0 Å². The van der Waals surface area contributed by atoms with Gasteiger partial charge in [-0.25, -0.2) is 0 Å². The molecule has 0 aromatic heterocycles. The molecule has 0 aromatic carbocycles.